The van der Waals surface area contributed by atoms with Crippen molar-refractivity contribution in [1.29, 1.82) is 0 Å². The van der Waals surface area contributed by atoms with E-state index in [1.165, 1.54) is 0 Å². The van der Waals surface area contributed by atoms with Crippen molar-refractivity contribution in [2.45, 2.75) is 45.6 Å². The van der Waals surface area contributed by atoms with E-state index in [2.05, 4.69) is 0 Å². The fraction of sp³-hybridized carbons (Fsp3) is 0.875. The van der Waals surface area contributed by atoms with Crippen molar-refractivity contribution in [1.82, 2.24) is 0 Å². The molecular formula is C16H32NO8P. The highest BCUT2D eigenvalue weighted by Gasteiger charge is 2.21. The molecule has 26 heavy (non-hydrogen) atoms. The number of hydrogen-bond donors (Lipinski definition) is 0. The van der Waals surface area contributed by atoms with Crippen LogP contribution in [0.5, 0.6) is 0 Å². The van der Waals surface area contributed by atoms with E-state index >= 15 is 0 Å². The molecule has 2 atom stereocenters. The van der Waals surface area contributed by atoms with E-state index in [0.29, 0.717) is 23.9 Å². The molecule has 0 rings (SSSR count). The maximum absolute atomic E-state index is 11.8. The zero-order valence-corrected chi connectivity index (χ0v) is 17.3. The quantitative estimate of drug-likeness (QED) is 0.245. The number of rotatable bonds is 14. The van der Waals surface area contributed by atoms with Gasteiger partial charge in [-0.1, -0.05) is 13.8 Å². The van der Waals surface area contributed by atoms with Gasteiger partial charge in [0.1, 0.15) is 19.8 Å². The number of phosphoric acid groups is 1. The number of esters is 2. The number of carbonyl (C=O) groups is 2. The third kappa shape index (κ3) is 14.2. The molecule has 0 saturated carbocycles. The summed E-state index contributed by atoms with van der Waals surface area (Å²) in [6.45, 7) is 3.33. The molecule has 0 aromatic rings. The molecule has 0 fully saturated rings. The SMILES string of the molecule is CCCC(=O)OCC(COP(=O)([O-])OCC[N+](C)(C)C)OC(=O)CCC. The molecule has 2 unspecified atom stereocenters. The molecule has 0 aliphatic carbocycles. The predicted octanol–water partition coefficient (Wildman–Crippen LogP) is 1.25. The average molecular weight is 397 g/mol. The first-order chi connectivity index (χ1) is 12.0. The summed E-state index contributed by atoms with van der Waals surface area (Å²) in [6, 6.07) is 0. The van der Waals surface area contributed by atoms with E-state index in [1.54, 1.807) is 6.92 Å². The Balaban J connectivity index is 4.55. The van der Waals surface area contributed by atoms with Gasteiger partial charge in [0.05, 0.1) is 27.7 Å². The van der Waals surface area contributed by atoms with Gasteiger partial charge in [-0.15, -0.1) is 0 Å². The van der Waals surface area contributed by atoms with Crippen LogP contribution in [0.15, 0.2) is 0 Å². The topological polar surface area (TPSA) is 111 Å². The zero-order valence-electron chi connectivity index (χ0n) is 16.4. The molecule has 0 aliphatic rings. The second-order valence-electron chi connectivity index (χ2n) is 6.89. The minimum Gasteiger partial charge on any atom is -0.756 e. The first-order valence-corrected chi connectivity index (χ1v) is 10.2. The van der Waals surface area contributed by atoms with Crippen LogP contribution in [0.4, 0.5) is 0 Å². The average Bonchev–Trinajstić information content (AvgIpc) is 2.49. The summed E-state index contributed by atoms with van der Waals surface area (Å²) < 4.78 is 32.0. The van der Waals surface area contributed by atoms with Crippen LogP contribution in [0.25, 0.3) is 0 Å². The summed E-state index contributed by atoms with van der Waals surface area (Å²) in [5.41, 5.74) is 0. The molecule has 0 saturated heterocycles. The molecule has 9 nitrogen and oxygen atoms in total. The van der Waals surface area contributed by atoms with Gasteiger partial charge in [0, 0.05) is 12.8 Å². The molecule has 0 amide bonds. The van der Waals surface area contributed by atoms with Crippen LogP contribution in [-0.4, -0.2) is 70.0 Å². The summed E-state index contributed by atoms with van der Waals surface area (Å²) in [5, 5.41) is 0. The lowest BCUT2D eigenvalue weighted by atomic mass is 10.3. The molecule has 0 bridgehead atoms. The van der Waals surface area contributed by atoms with Crippen molar-refractivity contribution >= 4 is 19.8 Å². The van der Waals surface area contributed by atoms with Gasteiger partial charge in [-0.05, 0) is 12.8 Å². The number of hydrogen-bond acceptors (Lipinski definition) is 8. The fourth-order valence-electron chi connectivity index (χ4n) is 1.67. The van der Waals surface area contributed by atoms with Crippen LogP contribution in [0.1, 0.15) is 39.5 Å². The van der Waals surface area contributed by atoms with E-state index in [-0.39, 0.29) is 26.1 Å². The standard InChI is InChI=1S/C16H32NO8P/c1-6-8-15(18)22-12-14(25-16(19)9-7-2)13-24-26(20,21)23-11-10-17(3,4)5/h14H,6-13H2,1-5H3. The van der Waals surface area contributed by atoms with Gasteiger partial charge >= 0.3 is 11.9 Å². The van der Waals surface area contributed by atoms with Crippen LogP contribution in [-0.2, 0) is 32.7 Å². The highest BCUT2D eigenvalue weighted by molar-refractivity contribution is 7.45. The largest absolute Gasteiger partial charge is 0.756 e. The second kappa shape index (κ2) is 12.4. The van der Waals surface area contributed by atoms with E-state index < -0.39 is 32.5 Å². The van der Waals surface area contributed by atoms with Crippen LogP contribution < -0.4 is 4.89 Å². The Labute approximate surface area is 155 Å². The number of ether oxygens (including phenoxy) is 2. The maximum Gasteiger partial charge on any atom is 0.306 e. The van der Waals surface area contributed by atoms with Crippen LogP contribution in [0.3, 0.4) is 0 Å². The van der Waals surface area contributed by atoms with Crippen LogP contribution in [0.2, 0.25) is 0 Å². The Bertz CT molecular complexity index is 477. The first kappa shape index (κ1) is 25.0. The lowest BCUT2D eigenvalue weighted by molar-refractivity contribution is -0.870. The molecule has 0 aromatic heterocycles. The Morgan fingerprint density at radius 3 is 2.12 bits per heavy atom. The molecular weight excluding hydrogens is 365 g/mol. The lowest BCUT2D eigenvalue weighted by Crippen LogP contribution is -2.37. The lowest BCUT2D eigenvalue weighted by Gasteiger charge is -2.28. The molecule has 0 heterocycles. The molecule has 0 aromatic carbocycles. The Morgan fingerprint density at radius 2 is 1.58 bits per heavy atom. The van der Waals surface area contributed by atoms with E-state index in [0.717, 1.165) is 0 Å². The zero-order chi connectivity index (χ0) is 20.2. The highest BCUT2D eigenvalue weighted by atomic mass is 31.2. The summed E-state index contributed by atoms with van der Waals surface area (Å²) >= 11 is 0. The second-order valence-corrected chi connectivity index (χ2v) is 8.30. The molecule has 0 spiro atoms. The van der Waals surface area contributed by atoms with Crippen LogP contribution in [0, 0.1) is 0 Å². The van der Waals surface area contributed by atoms with Crippen molar-refractivity contribution in [2.24, 2.45) is 0 Å². The molecule has 0 N–H and O–H groups in total. The summed E-state index contributed by atoms with van der Waals surface area (Å²) in [4.78, 5) is 34.9. The van der Waals surface area contributed by atoms with Gasteiger partial charge in [-0.2, -0.15) is 0 Å². The smallest absolute Gasteiger partial charge is 0.306 e. The normalized spacial score (nSPS) is 15.2. The number of carbonyl (C=O) groups excluding carboxylic acids is 2. The minimum atomic E-state index is -4.54. The minimum absolute atomic E-state index is 0.0317. The number of phosphoric ester groups is 1. The maximum atomic E-state index is 11.8. The predicted molar refractivity (Wildman–Crippen MR) is 93.1 cm³/mol. The first-order valence-electron chi connectivity index (χ1n) is 8.74. The van der Waals surface area contributed by atoms with E-state index in [1.807, 2.05) is 28.1 Å². The fourth-order valence-corrected chi connectivity index (χ4v) is 2.39. The van der Waals surface area contributed by atoms with Crippen molar-refractivity contribution in [2.75, 3.05) is 47.5 Å². The van der Waals surface area contributed by atoms with Gasteiger partial charge in [-0.3, -0.25) is 14.2 Å². The van der Waals surface area contributed by atoms with Gasteiger partial charge < -0.3 is 27.9 Å². The Kier molecular flexibility index (Phi) is 11.9. The van der Waals surface area contributed by atoms with Gasteiger partial charge in [0.15, 0.2) is 6.10 Å². The van der Waals surface area contributed by atoms with Crippen molar-refractivity contribution < 1.29 is 42.1 Å². The Hall–Kier alpha value is -0.990. The van der Waals surface area contributed by atoms with Gasteiger partial charge in [0.2, 0.25) is 0 Å². The summed E-state index contributed by atoms with van der Waals surface area (Å²) in [5.74, 6) is -0.965. The van der Waals surface area contributed by atoms with Crippen molar-refractivity contribution in [3.8, 4) is 0 Å². The summed E-state index contributed by atoms with van der Waals surface area (Å²) in [6.07, 6.45) is 0.583. The molecule has 0 aliphatic heterocycles. The monoisotopic (exact) mass is 397 g/mol. The molecule has 154 valence electrons. The highest BCUT2D eigenvalue weighted by Crippen LogP contribution is 2.38. The van der Waals surface area contributed by atoms with Gasteiger partial charge in [0.25, 0.3) is 7.82 Å². The third-order valence-corrected chi connectivity index (χ3v) is 4.03. The Morgan fingerprint density at radius 1 is 1.00 bits per heavy atom. The van der Waals surface area contributed by atoms with Crippen molar-refractivity contribution in [3.05, 3.63) is 0 Å². The molecule has 0 radical (unpaired) electrons. The number of quaternary nitrogens is 1. The third-order valence-electron chi connectivity index (χ3n) is 3.07. The number of likely N-dealkylation sites (N-methyl/N-ethyl adjacent to an activating group) is 1. The summed E-state index contributed by atoms with van der Waals surface area (Å²) in [7, 11) is 1.15. The number of nitrogens with zero attached hydrogens (tertiary/aromatic N) is 1. The van der Waals surface area contributed by atoms with Crippen LogP contribution >= 0.6 is 7.82 Å². The van der Waals surface area contributed by atoms with Crippen molar-refractivity contribution in [3.63, 3.8) is 0 Å². The molecule has 10 heteroatoms. The van der Waals surface area contributed by atoms with E-state index in [9.17, 15) is 19.0 Å². The van der Waals surface area contributed by atoms with Gasteiger partial charge in [-0.25, -0.2) is 0 Å². The van der Waals surface area contributed by atoms with E-state index in [4.69, 9.17) is 18.5 Å².